The molecule has 0 aromatic heterocycles. The van der Waals surface area contributed by atoms with E-state index in [1.807, 2.05) is 0 Å². The van der Waals surface area contributed by atoms with Crippen molar-refractivity contribution in [3.63, 3.8) is 0 Å². The first-order valence-electron chi connectivity index (χ1n) is 7.48. The van der Waals surface area contributed by atoms with E-state index in [2.05, 4.69) is 5.32 Å². The average molecular weight is 382 g/mol. The minimum atomic E-state index is -0.958. The molecule has 0 unspecified atom stereocenters. The van der Waals surface area contributed by atoms with Crippen LogP contribution in [0.2, 0.25) is 10.0 Å². The number of hydrogen-bond donors (Lipinski definition) is 1. The summed E-state index contributed by atoms with van der Waals surface area (Å²) in [6, 6.07) is 11.8. The fraction of sp³-hybridized carbons (Fsp3) is 0.222. The Labute approximate surface area is 155 Å². The van der Waals surface area contributed by atoms with Crippen LogP contribution in [0, 0.1) is 0 Å². The second kappa shape index (κ2) is 8.74. The highest BCUT2D eigenvalue weighted by Crippen LogP contribution is 2.24. The van der Waals surface area contributed by atoms with Gasteiger partial charge >= 0.3 is 5.97 Å². The van der Waals surface area contributed by atoms with Crippen molar-refractivity contribution in [1.82, 2.24) is 0 Å². The SMILES string of the molecule is COc1ccccc1NC(=O)[C@@H](C)OC(=O)Cc1ccc(Cl)c(Cl)c1. The molecule has 0 saturated carbocycles. The second-order valence-electron chi connectivity index (χ2n) is 5.25. The Hall–Kier alpha value is -2.24. The van der Waals surface area contributed by atoms with Crippen molar-refractivity contribution in [3.05, 3.63) is 58.1 Å². The summed E-state index contributed by atoms with van der Waals surface area (Å²) < 4.78 is 10.3. The van der Waals surface area contributed by atoms with Gasteiger partial charge in [0.1, 0.15) is 5.75 Å². The first kappa shape index (κ1) is 19.1. The number of halogens is 2. The number of amides is 1. The Bertz CT molecular complexity index is 779. The van der Waals surface area contributed by atoms with Crippen LogP contribution in [-0.4, -0.2) is 25.1 Å². The van der Waals surface area contributed by atoms with Gasteiger partial charge in [0.2, 0.25) is 0 Å². The molecule has 0 spiro atoms. The normalized spacial score (nSPS) is 11.5. The summed E-state index contributed by atoms with van der Waals surface area (Å²) in [5.41, 5.74) is 1.15. The molecule has 25 heavy (non-hydrogen) atoms. The van der Waals surface area contributed by atoms with Crippen LogP contribution in [0.25, 0.3) is 0 Å². The number of ether oxygens (including phenoxy) is 2. The van der Waals surface area contributed by atoms with Crippen molar-refractivity contribution in [3.8, 4) is 5.75 Å². The maximum atomic E-state index is 12.2. The lowest BCUT2D eigenvalue weighted by molar-refractivity contribution is -0.152. The molecule has 7 heteroatoms. The Kier molecular flexibility index (Phi) is 6.67. The topological polar surface area (TPSA) is 64.6 Å². The third kappa shape index (κ3) is 5.37. The van der Waals surface area contributed by atoms with Crippen LogP contribution in [0.4, 0.5) is 5.69 Å². The molecule has 0 saturated heterocycles. The largest absolute Gasteiger partial charge is 0.495 e. The van der Waals surface area contributed by atoms with E-state index < -0.39 is 18.0 Å². The van der Waals surface area contributed by atoms with Gasteiger partial charge < -0.3 is 14.8 Å². The number of rotatable bonds is 6. The highest BCUT2D eigenvalue weighted by atomic mass is 35.5. The second-order valence-corrected chi connectivity index (χ2v) is 6.06. The highest BCUT2D eigenvalue weighted by Gasteiger charge is 2.19. The summed E-state index contributed by atoms with van der Waals surface area (Å²) in [6.07, 6.45) is -0.969. The number of carbonyl (C=O) groups excluding carboxylic acids is 2. The van der Waals surface area contributed by atoms with Crippen LogP contribution in [0.5, 0.6) is 5.75 Å². The standard InChI is InChI=1S/C18H17Cl2NO4/c1-11(18(23)21-15-5-3-4-6-16(15)24-2)25-17(22)10-12-7-8-13(19)14(20)9-12/h3-9,11H,10H2,1-2H3,(H,21,23)/t11-/m1/s1. The predicted molar refractivity (Wildman–Crippen MR) is 97.3 cm³/mol. The Morgan fingerprint density at radius 2 is 1.84 bits per heavy atom. The van der Waals surface area contributed by atoms with E-state index in [9.17, 15) is 9.59 Å². The smallest absolute Gasteiger partial charge is 0.311 e. The van der Waals surface area contributed by atoms with E-state index >= 15 is 0 Å². The van der Waals surface area contributed by atoms with Gasteiger partial charge in [0.05, 0.1) is 29.3 Å². The zero-order valence-electron chi connectivity index (χ0n) is 13.7. The quantitative estimate of drug-likeness (QED) is 0.764. The zero-order chi connectivity index (χ0) is 18.4. The van der Waals surface area contributed by atoms with E-state index in [1.165, 1.54) is 14.0 Å². The fourth-order valence-electron chi connectivity index (χ4n) is 2.09. The van der Waals surface area contributed by atoms with Crippen molar-refractivity contribution in [2.75, 3.05) is 12.4 Å². The lowest BCUT2D eigenvalue weighted by Gasteiger charge is -2.15. The number of benzene rings is 2. The van der Waals surface area contributed by atoms with Gasteiger partial charge in [-0.3, -0.25) is 9.59 Å². The highest BCUT2D eigenvalue weighted by molar-refractivity contribution is 6.42. The molecule has 2 rings (SSSR count). The van der Waals surface area contributed by atoms with E-state index in [0.717, 1.165) is 0 Å². The maximum absolute atomic E-state index is 12.2. The number of methoxy groups -OCH3 is 1. The molecule has 0 radical (unpaired) electrons. The summed E-state index contributed by atoms with van der Waals surface area (Å²) in [5.74, 6) is -0.474. The molecule has 0 fully saturated rings. The molecule has 5 nitrogen and oxygen atoms in total. The number of hydrogen-bond acceptors (Lipinski definition) is 4. The van der Waals surface area contributed by atoms with E-state index in [0.29, 0.717) is 27.0 Å². The fourth-order valence-corrected chi connectivity index (χ4v) is 2.41. The molecular weight excluding hydrogens is 365 g/mol. The molecular formula is C18H17Cl2NO4. The number of carbonyl (C=O) groups is 2. The Morgan fingerprint density at radius 1 is 1.12 bits per heavy atom. The van der Waals surface area contributed by atoms with Gasteiger partial charge in [-0.15, -0.1) is 0 Å². The van der Waals surface area contributed by atoms with Gasteiger partial charge in [-0.1, -0.05) is 41.4 Å². The zero-order valence-corrected chi connectivity index (χ0v) is 15.2. The monoisotopic (exact) mass is 381 g/mol. The van der Waals surface area contributed by atoms with Crippen LogP contribution in [-0.2, 0) is 20.7 Å². The molecule has 0 aliphatic heterocycles. The van der Waals surface area contributed by atoms with Crippen molar-refractivity contribution >= 4 is 40.8 Å². The van der Waals surface area contributed by atoms with Crippen LogP contribution >= 0.6 is 23.2 Å². The van der Waals surface area contributed by atoms with E-state index in [-0.39, 0.29) is 6.42 Å². The predicted octanol–water partition coefficient (Wildman–Crippen LogP) is 4.11. The van der Waals surface area contributed by atoms with Gasteiger partial charge in [-0.2, -0.15) is 0 Å². The van der Waals surface area contributed by atoms with Crippen molar-refractivity contribution in [2.24, 2.45) is 0 Å². The lowest BCUT2D eigenvalue weighted by atomic mass is 10.1. The summed E-state index contributed by atoms with van der Waals surface area (Å²) in [6.45, 7) is 1.50. The van der Waals surface area contributed by atoms with Crippen molar-refractivity contribution in [2.45, 2.75) is 19.4 Å². The third-order valence-corrected chi connectivity index (χ3v) is 4.11. The lowest BCUT2D eigenvalue weighted by Crippen LogP contribution is -2.30. The first-order valence-corrected chi connectivity index (χ1v) is 8.23. The van der Waals surface area contributed by atoms with Crippen LogP contribution in [0.1, 0.15) is 12.5 Å². The Balaban J connectivity index is 1.93. The van der Waals surface area contributed by atoms with Gasteiger partial charge in [0, 0.05) is 0 Å². The maximum Gasteiger partial charge on any atom is 0.311 e. The van der Waals surface area contributed by atoms with E-state index in [4.69, 9.17) is 32.7 Å². The first-order chi connectivity index (χ1) is 11.9. The summed E-state index contributed by atoms with van der Waals surface area (Å²) in [5, 5.41) is 3.43. The van der Waals surface area contributed by atoms with Crippen LogP contribution in [0.3, 0.4) is 0 Å². The molecule has 1 N–H and O–H groups in total. The number of para-hydroxylation sites is 2. The third-order valence-electron chi connectivity index (χ3n) is 3.37. The average Bonchev–Trinajstić information content (AvgIpc) is 2.58. The van der Waals surface area contributed by atoms with Gasteiger partial charge in [0.15, 0.2) is 6.10 Å². The molecule has 1 amide bonds. The number of nitrogens with one attached hydrogen (secondary N) is 1. The molecule has 0 bridgehead atoms. The van der Waals surface area contributed by atoms with Gasteiger partial charge in [-0.25, -0.2) is 0 Å². The van der Waals surface area contributed by atoms with Crippen molar-refractivity contribution in [1.29, 1.82) is 0 Å². The Morgan fingerprint density at radius 3 is 2.52 bits per heavy atom. The molecule has 1 atom stereocenters. The van der Waals surface area contributed by atoms with Crippen LogP contribution < -0.4 is 10.1 Å². The van der Waals surface area contributed by atoms with Crippen molar-refractivity contribution < 1.29 is 19.1 Å². The molecule has 2 aromatic carbocycles. The minimum absolute atomic E-state index is 0.0107. The van der Waals surface area contributed by atoms with Crippen LogP contribution in [0.15, 0.2) is 42.5 Å². The summed E-state index contributed by atoms with van der Waals surface area (Å²) in [4.78, 5) is 24.2. The number of esters is 1. The van der Waals surface area contributed by atoms with Gasteiger partial charge in [-0.05, 0) is 36.8 Å². The molecule has 132 valence electrons. The minimum Gasteiger partial charge on any atom is -0.495 e. The molecule has 0 aliphatic carbocycles. The summed E-state index contributed by atoms with van der Waals surface area (Å²) in [7, 11) is 1.51. The molecule has 2 aromatic rings. The van der Waals surface area contributed by atoms with E-state index in [1.54, 1.807) is 42.5 Å². The van der Waals surface area contributed by atoms with Gasteiger partial charge in [0.25, 0.3) is 5.91 Å². The molecule has 0 heterocycles. The number of anilines is 1. The summed E-state index contributed by atoms with van der Waals surface area (Å²) >= 11 is 11.7. The molecule has 0 aliphatic rings.